The zero-order valence-electron chi connectivity index (χ0n) is 10.5. The van der Waals surface area contributed by atoms with Gasteiger partial charge >= 0.3 is 0 Å². The standard InChI is InChI=1S/C13H22O4/c1-11-6-5-9(14)12(2,16)13(11)10(15)4-3-8(7-11)17-13/h8-10,14-16H,3-7H2,1-2H3/t8-,9+,10-,11-,12+,13+/m0/s1. The number of hydrogen-bond acceptors (Lipinski definition) is 4. The summed E-state index contributed by atoms with van der Waals surface area (Å²) in [4.78, 5) is 0. The molecule has 4 heteroatoms. The third-order valence-corrected chi connectivity index (χ3v) is 5.53. The van der Waals surface area contributed by atoms with E-state index in [1.165, 1.54) is 0 Å². The summed E-state index contributed by atoms with van der Waals surface area (Å²) in [7, 11) is 0. The van der Waals surface area contributed by atoms with E-state index in [1.54, 1.807) is 6.92 Å². The fourth-order valence-corrected chi connectivity index (χ4v) is 4.63. The van der Waals surface area contributed by atoms with Crippen LogP contribution in [0.2, 0.25) is 0 Å². The van der Waals surface area contributed by atoms with Crippen LogP contribution in [0.5, 0.6) is 0 Å². The van der Waals surface area contributed by atoms with Crippen LogP contribution in [0.25, 0.3) is 0 Å². The molecule has 4 nitrogen and oxygen atoms in total. The molecule has 3 fully saturated rings. The molecule has 2 bridgehead atoms. The van der Waals surface area contributed by atoms with E-state index in [2.05, 4.69) is 6.92 Å². The minimum atomic E-state index is -1.37. The lowest BCUT2D eigenvalue weighted by Crippen LogP contribution is -2.73. The topological polar surface area (TPSA) is 69.9 Å². The summed E-state index contributed by atoms with van der Waals surface area (Å²) < 4.78 is 6.03. The molecule has 3 aliphatic rings. The Labute approximate surface area is 102 Å². The van der Waals surface area contributed by atoms with Gasteiger partial charge in [0.1, 0.15) is 11.2 Å². The van der Waals surface area contributed by atoms with Crippen molar-refractivity contribution in [1.29, 1.82) is 0 Å². The molecule has 0 amide bonds. The first kappa shape index (κ1) is 11.9. The Balaban J connectivity index is 2.14. The first-order valence-electron chi connectivity index (χ1n) is 6.60. The average molecular weight is 242 g/mol. The molecule has 0 aromatic heterocycles. The van der Waals surface area contributed by atoms with Crippen LogP contribution in [-0.2, 0) is 4.74 Å². The van der Waals surface area contributed by atoms with E-state index in [-0.39, 0.29) is 11.5 Å². The zero-order chi connectivity index (χ0) is 12.5. The van der Waals surface area contributed by atoms with Crippen molar-refractivity contribution in [3.8, 4) is 0 Å². The van der Waals surface area contributed by atoms with Crippen molar-refractivity contribution in [2.24, 2.45) is 5.41 Å². The maximum Gasteiger partial charge on any atom is 0.130 e. The molecule has 0 aromatic carbocycles. The fraction of sp³-hybridized carbons (Fsp3) is 1.00. The van der Waals surface area contributed by atoms with Gasteiger partial charge in [-0.1, -0.05) is 6.92 Å². The average Bonchev–Trinajstić information content (AvgIpc) is 2.52. The van der Waals surface area contributed by atoms with Crippen LogP contribution in [0.1, 0.15) is 46.0 Å². The predicted molar refractivity (Wildman–Crippen MR) is 61.4 cm³/mol. The molecule has 2 heterocycles. The van der Waals surface area contributed by atoms with Crippen LogP contribution in [-0.4, -0.2) is 44.8 Å². The molecule has 0 radical (unpaired) electrons. The van der Waals surface area contributed by atoms with Crippen molar-refractivity contribution in [3.05, 3.63) is 0 Å². The van der Waals surface area contributed by atoms with Gasteiger partial charge in [-0.15, -0.1) is 0 Å². The van der Waals surface area contributed by atoms with E-state index in [9.17, 15) is 15.3 Å². The lowest BCUT2D eigenvalue weighted by atomic mass is 9.54. The van der Waals surface area contributed by atoms with Crippen molar-refractivity contribution >= 4 is 0 Å². The van der Waals surface area contributed by atoms with E-state index in [0.717, 1.165) is 19.3 Å². The van der Waals surface area contributed by atoms with Gasteiger partial charge in [-0.2, -0.15) is 0 Å². The normalized spacial score (nSPS) is 62.3. The van der Waals surface area contributed by atoms with E-state index in [4.69, 9.17) is 4.74 Å². The Kier molecular flexibility index (Phi) is 2.26. The second kappa shape index (κ2) is 3.23. The van der Waals surface area contributed by atoms with Crippen LogP contribution >= 0.6 is 0 Å². The summed E-state index contributed by atoms with van der Waals surface area (Å²) in [6.07, 6.45) is 2.39. The lowest BCUT2D eigenvalue weighted by Gasteiger charge is -2.59. The summed E-state index contributed by atoms with van der Waals surface area (Å²) in [5.41, 5.74) is -2.58. The van der Waals surface area contributed by atoms with Crippen molar-refractivity contribution in [2.45, 2.75) is 75.5 Å². The van der Waals surface area contributed by atoms with Crippen molar-refractivity contribution < 1.29 is 20.1 Å². The molecule has 3 N–H and O–H groups in total. The highest BCUT2D eigenvalue weighted by molar-refractivity contribution is 5.23. The Bertz CT molecular complexity index is 336. The molecular weight excluding hydrogens is 220 g/mol. The largest absolute Gasteiger partial charge is 0.390 e. The smallest absolute Gasteiger partial charge is 0.130 e. The highest BCUT2D eigenvalue weighted by Crippen LogP contribution is 2.63. The first-order valence-corrected chi connectivity index (χ1v) is 6.60. The second-order valence-corrected chi connectivity index (χ2v) is 6.54. The van der Waals surface area contributed by atoms with Gasteiger partial charge in [0.15, 0.2) is 0 Å². The fourth-order valence-electron chi connectivity index (χ4n) is 4.63. The van der Waals surface area contributed by atoms with Gasteiger partial charge in [0, 0.05) is 5.41 Å². The van der Waals surface area contributed by atoms with E-state index >= 15 is 0 Å². The van der Waals surface area contributed by atoms with Crippen LogP contribution in [0, 0.1) is 5.41 Å². The number of hydrogen-bond donors (Lipinski definition) is 3. The Morgan fingerprint density at radius 1 is 1.06 bits per heavy atom. The number of aliphatic hydroxyl groups excluding tert-OH is 2. The van der Waals surface area contributed by atoms with Crippen LogP contribution in [0.3, 0.4) is 0 Å². The molecule has 1 spiro atoms. The van der Waals surface area contributed by atoms with Gasteiger partial charge in [0.2, 0.25) is 0 Å². The highest BCUT2D eigenvalue weighted by atomic mass is 16.6. The van der Waals surface area contributed by atoms with Crippen LogP contribution in [0.4, 0.5) is 0 Å². The third-order valence-electron chi connectivity index (χ3n) is 5.53. The van der Waals surface area contributed by atoms with E-state index in [1.807, 2.05) is 0 Å². The molecule has 0 aromatic rings. The molecule has 0 unspecified atom stereocenters. The highest BCUT2D eigenvalue weighted by Gasteiger charge is 2.73. The van der Waals surface area contributed by atoms with Gasteiger partial charge in [-0.3, -0.25) is 0 Å². The molecule has 1 saturated carbocycles. The summed E-state index contributed by atoms with van der Waals surface area (Å²) >= 11 is 0. The Morgan fingerprint density at radius 3 is 2.47 bits per heavy atom. The molecular formula is C13H22O4. The van der Waals surface area contributed by atoms with Gasteiger partial charge in [-0.05, 0) is 39.0 Å². The minimum Gasteiger partial charge on any atom is -0.390 e. The SMILES string of the molecule is C[C@@]12CC[C@@H](O)[C@@](C)(O)[C@]13O[C@@H](CC[C@@H]3O)C2. The van der Waals surface area contributed by atoms with E-state index < -0.39 is 23.4 Å². The number of aliphatic hydroxyl groups is 3. The maximum atomic E-state index is 10.7. The lowest BCUT2D eigenvalue weighted by molar-refractivity contribution is -0.305. The van der Waals surface area contributed by atoms with Crippen molar-refractivity contribution in [1.82, 2.24) is 0 Å². The van der Waals surface area contributed by atoms with Crippen LogP contribution in [0.15, 0.2) is 0 Å². The Hall–Kier alpha value is -0.160. The summed E-state index contributed by atoms with van der Waals surface area (Å²) in [6.45, 7) is 3.70. The van der Waals surface area contributed by atoms with Gasteiger partial charge in [-0.25, -0.2) is 0 Å². The quantitative estimate of drug-likeness (QED) is 0.581. The van der Waals surface area contributed by atoms with Gasteiger partial charge in [0.05, 0.1) is 18.3 Å². The molecule has 1 aliphatic carbocycles. The van der Waals surface area contributed by atoms with Crippen molar-refractivity contribution in [3.63, 3.8) is 0 Å². The zero-order valence-corrected chi connectivity index (χ0v) is 10.5. The van der Waals surface area contributed by atoms with Crippen LogP contribution < -0.4 is 0 Å². The minimum absolute atomic E-state index is 0.125. The number of ether oxygens (including phenoxy) is 1. The van der Waals surface area contributed by atoms with E-state index in [0.29, 0.717) is 12.8 Å². The molecule has 2 aliphatic heterocycles. The molecule has 17 heavy (non-hydrogen) atoms. The van der Waals surface area contributed by atoms with Gasteiger partial charge in [0.25, 0.3) is 0 Å². The summed E-state index contributed by atoms with van der Waals surface area (Å²) in [6, 6.07) is 0. The second-order valence-electron chi connectivity index (χ2n) is 6.54. The summed E-state index contributed by atoms with van der Waals surface area (Å²) in [5.74, 6) is 0. The Morgan fingerprint density at radius 2 is 1.76 bits per heavy atom. The monoisotopic (exact) mass is 242 g/mol. The molecule has 6 atom stereocenters. The first-order chi connectivity index (χ1) is 7.83. The predicted octanol–water partition coefficient (Wildman–Crippen LogP) is 0.581. The maximum absolute atomic E-state index is 10.7. The molecule has 2 saturated heterocycles. The van der Waals surface area contributed by atoms with Gasteiger partial charge < -0.3 is 20.1 Å². The number of fused-ring (bicyclic) bond motifs is 1. The molecule has 3 rings (SSSR count). The number of rotatable bonds is 0. The third kappa shape index (κ3) is 1.17. The summed E-state index contributed by atoms with van der Waals surface area (Å²) in [5, 5.41) is 31.2. The molecule has 98 valence electrons. The van der Waals surface area contributed by atoms with Crippen molar-refractivity contribution in [2.75, 3.05) is 0 Å².